The van der Waals surface area contributed by atoms with E-state index in [2.05, 4.69) is 35.7 Å². The van der Waals surface area contributed by atoms with Crippen molar-refractivity contribution in [3.05, 3.63) is 35.8 Å². The third-order valence-corrected chi connectivity index (χ3v) is 4.77. The van der Waals surface area contributed by atoms with E-state index in [0.29, 0.717) is 5.75 Å². The van der Waals surface area contributed by atoms with E-state index < -0.39 is 0 Å². The average molecular weight is 318 g/mol. The lowest BCUT2D eigenvalue weighted by atomic mass is 10.3. The number of nitrogens with zero attached hydrogens (tertiary/aromatic N) is 3. The van der Waals surface area contributed by atoms with Gasteiger partial charge in [-0.2, -0.15) is 0 Å². The summed E-state index contributed by atoms with van der Waals surface area (Å²) in [5.41, 5.74) is 3.21. The first kappa shape index (κ1) is 15.4. The lowest BCUT2D eigenvalue weighted by Crippen LogP contribution is -2.35. The molecule has 6 heteroatoms. The number of aryl methyl sites for hydroxylation is 1. The molecule has 0 saturated carbocycles. The molecule has 3 rings (SSSR count). The molecular formula is C16H22N4OS. The number of nitrogens with one attached hydrogen (secondary N) is 1. The minimum atomic E-state index is 0.244. The highest BCUT2D eigenvalue weighted by atomic mass is 32.2. The third-order valence-electron chi connectivity index (χ3n) is 3.82. The maximum absolute atomic E-state index is 12.2. The topological polar surface area (TPSA) is 49.6 Å². The smallest absolute Gasteiger partial charge is 0.232 e. The molecule has 0 atom stereocenters. The summed E-state index contributed by atoms with van der Waals surface area (Å²) in [6.07, 6.45) is 5.17. The first-order valence-electron chi connectivity index (χ1n) is 7.73. The minimum absolute atomic E-state index is 0.244. The molecule has 3 heterocycles. The molecule has 0 aromatic carbocycles. The van der Waals surface area contributed by atoms with Gasteiger partial charge in [0.15, 0.2) is 0 Å². The molecule has 5 nitrogen and oxygen atoms in total. The third kappa shape index (κ3) is 3.81. The predicted octanol–water partition coefficient (Wildman–Crippen LogP) is 1.70. The van der Waals surface area contributed by atoms with Crippen molar-refractivity contribution in [3.63, 3.8) is 0 Å². The lowest BCUT2D eigenvalue weighted by molar-refractivity contribution is -0.128. The molecule has 2 aromatic rings. The molecule has 1 fully saturated rings. The zero-order valence-corrected chi connectivity index (χ0v) is 13.7. The normalized spacial score (nSPS) is 16.0. The fourth-order valence-corrected chi connectivity index (χ4v) is 3.46. The monoisotopic (exact) mass is 318 g/mol. The second kappa shape index (κ2) is 7.15. The van der Waals surface area contributed by atoms with Crippen molar-refractivity contribution < 1.29 is 4.79 Å². The van der Waals surface area contributed by atoms with Crippen LogP contribution in [0.3, 0.4) is 0 Å². The molecule has 1 amide bonds. The van der Waals surface area contributed by atoms with Gasteiger partial charge in [-0.15, -0.1) is 11.8 Å². The Kier molecular flexibility index (Phi) is 5.00. The zero-order chi connectivity index (χ0) is 15.4. The number of carbonyl (C=O) groups excluding carboxylic acids is 1. The summed E-state index contributed by atoms with van der Waals surface area (Å²) in [6, 6.07) is 4.09. The fourth-order valence-electron chi connectivity index (χ4n) is 2.65. The van der Waals surface area contributed by atoms with Gasteiger partial charge in [0.05, 0.1) is 11.4 Å². The van der Waals surface area contributed by atoms with Crippen LogP contribution in [0.25, 0.3) is 5.65 Å². The van der Waals surface area contributed by atoms with Crippen molar-refractivity contribution in [1.29, 1.82) is 0 Å². The van der Waals surface area contributed by atoms with Crippen molar-refractivity contribution in [2.45, 2.75) is 19.1 Å². The van der Waals surface area contributed by atoms with Crippen molar-refractivity contribution in [2.75, 3.05) is 31.9 Å². The van der Waals surface area contributed by atoms with Crippen LogP contribution in [0.5, 0.6) is 0 Å². The van der Waals surface area contributed by atoms with E-state index in [1.165, 1.54) is 5.56 Å². The van der Waals surface area contributed by atoms with E-state index in [-0.39, 0.29) is 5.91 Å². The van der Waals surface area contributed by atoms with Crippen LogP contribution >= 0.6 is 11.8 Å². The minimum Gasteiger partial charge on any atom is -0.341 e. The number of rotatable bonds is 4. The van der Waals surface area contributed by atoms with Gasteiger partial charge in [-0.05, 0) is 31.5 Å². The number of hydrogen-bond acceptors (Lipinski definition) is 4. The highest BCUT2D eigenvalue weighted by Crippen LogP contribution is 2.14. The second-order valence-corrected chi connectivity index (χ2v) is 6.67. The molecule has 118 valence electrons. The van der Waals surface area contributed by atoms with Crippen LogP contribution in [0.15, 0.2) is 24.5 Å². The van der Waals surface area contributed by atoms with Gasteiger partial charge in [0.1, 0.15) is 5.65 Å². The number of thioether (sulfide) groups is 1. The maximum Gasteiger partial charge on any atom is 0.232 e. The van der Waals surface area contributed by atoms with Gasteiger partial charge in [0, 0.05) is 37.8 Å². The SMILES string of the molecule is Cc1ccc2nc(CSCC(=O)N3CCCNCC3)cn2c1. The molecule has 0 radical (unpaired) electrons. The van der Waals surface area contributed by atoms with Crippen LogP contribution in [0.2, 0.25) is 0 Å². The van der Waals surface area contributed by atoms with Crippen molar-refractivity contribution in [3.8, 4) is 0 Å². The Labute approximate surface area is 135 Å². The number of imidazole rings is 1. The van der Waals surface area contributed by atoms with Crippen LogP contribution < -0.4 is 5.32 Å². The van der Waals surface area contributed by atoms with Crippen LogP contribution in [0, 0.1) is 6.92 Å². The molecule has 0 aliphatic carbocycles. The highest BCUT2D eigenvalue weighted by Gasteiger charge is 2.15. The Morgan fingerprint density at radius 1 is 1.32 bits per heavy atom. The number of carbonyl (C=O) groups is 1. The Bertz CT molecular complexity index is 647. The summed E-state index contributed by atoms with van der Waals surface area (Å²) >= 11 is 1.65. The Balaban J connectivity index is 1.52. The van der Waals surface area contributed by atoms with Gasteiger partial charge >= 0.3 is 0 Å². The first-order chi connectivity index (χ1) is 10.7. The van der Waals surface area contributed by atoms with Crippen molar-refractivity contribution >= 4 is 23.3 Å². The Morgan fingerprint density at radius 2 is 2.23 bits per heavy atom. The van der Waals surface area contributed by atoms with E-state index in [9.17, 15) is 4.79 Å². The van der Waals surface area contributed by atoms with Crippen LogP contribution in [-0.4, -0.2) is 52.1 Å². The molecule has 1 aliphatic rings. The van der Waals surface area contributed by atoms with Gasteiger partial charge in [0.25, 0.3) is 0 Å². The molecule has 1 aliphatic heterocycles. The first-order valence-corrected chi connectivity index (χ1v) is 8.88. The highest BCUT2D eigenvalue weighted by molar-refractivity contribution is 7.99. The number of fused-ring (bicyclic) bond motifs is 1. The van der Waals surface area contributed by atoms with Crippen LogP contribution in [-0.2, 0) is 10.5 Å². The largest absolute Gasteiger partial charge is 0.341 e. The number of aromatic nitrogens is 2. The molecule has 1 saturated heterocycles. The van der Waals surface area contributed by atoms with Gasteiger partial charge in [0.2, 0.25) is 5.91 Å². The molecule has 22 heavy (non-hydrogen) atoms. The average Bonchev–Trinajstić information content (AvgIpc) is 2.72. The summed E-state index contributed by atoms with van der Waals surface area (Å²) in [5.74, 6) is 1.55. The molecule has 0 spiro atoms. The molecule has 1 N–H and O–H groups in total. The standard InChI is InChI=1S/C16H22N4OS/c1-13-3-4-15-18-14(10-20(15)9-13)11-22-12-16(21)19-7-2-5-17-6-8-19/h3-4,9-10,17H,2,5-8,11-12H2,1H3. The van der Waals surface area contributed by atoms with Gasteiger partial charge in [-0.3, -0.25) is 4.79 Å². The fraction of sp³-hybridized carbons (Fsp3) is 0.500. The van der Waals surface area contributed by atoms with Crippen molar-refractivity contribution in [2.24, 2.45) is 0 Å². The summed E-state index contributed by atoms with van der Waals surface area (Å²) in [4.78, 5) is 18.8. The van der Waals surface area contributed by atoms with E-state index in [4.69, 9.17) is 0 Å². The van der Waals surface area contributed by atoms with Gasteiger partial charge in [-0.25, -0.2) is 4.98 Å². The lowest BCUT2D eigenvalue weighted by Gasteiger charge is -2.19. The zero-order valence-electron chi connectivity index (χ0n) is 12.9. The summed E-state index contributed by atoms with van der Waals surface area (Å²) < 4.78 is 2.05. The number of pyridine rings is 1. The molecule has 2 aromatic heterocycles. The van der Waals surface area contributed by atoms with E-state index in [1.54, 1.807) is 11.8 Å². The van der Waals surface area contributed by atoms with Crippen molar-refractivity contribution in [1.82, 2.24) is 19.6 Å². The Hall–Kier alpha value is -1.53. The Morgan fingerprint density at radius 3 is 3.14 bits per heavy atom. The molecule has 0 unspecified atom stereocenters. The quantitative estimate of drug-likeness (QED) is 0.932. The van der Waals surface area contributed by atoms with E-state index in [1.807, 2.05) is 15.4 Å². The second-order valence-electron chi connectivity index (χ2n) is 5.68. The van der Waals surface area contributed by atoms with Gasteiger partial charge in [-0.1, -0.05) is 6.07 Å². The van der Waals surface area contributed by atoms with Crippen LogP contribution in [0.4, 0.5) is 0 Å². The maximum atomic E-state index is 12.2. The summed E-state index contributed by atoms with van der Waals surface area (Å²) in [5, 5.41) is 3.32. The molecule has 0 bridgehead atoms. The van der Waals surface area contributed by atoms with E-state index in [0.717, 1.165) is 49.7 Å². The molecular weight excluding hydrogens is 296 g/mol. The summed E-state index contributed by atoms with van der Waals surface area (Å²) in [7, 11) is 0. The van der Waals surface area contributed by atoms with Gasteiger partial charge < -0.3 is 14.6 Å². The predicted molar refractivity (Wildman–Crippen MR) is 90.2 cm³/mol. The number of hydrogen-bond donors (Lipinski definition) is 1. The number of amides is 1. The summed E-state index contributed by atoms with van der Waals surface area (Å²) in [6.45, 7) is 5.69. The van der Waals surface area contributed by atoms with Crippen LogP contribution in [0.1, 0.15) is 17.7 Å². The van der Waals surface area contributed by atoms with E-state index >= 15 is 0 Å².